The van der Waals surface area contributed by atoms with Gasteiger partial charge in [0.05, 0.1) is 12.6 Å². The highest BCUT2D eigenvalue weighted by atomic mass is 35.5. The van der Waals surface area contributed by atoms with Crippen molar-refractivity contribution in [1.29, 1.82) is 0 Å². The molecule has 0 fully saturated rings. The SMILES string of the molecule is O=C(Nc1cccc(Cl)c1)N[C@H](CO)c1ccccc1. The molecule has 0 saturated carbocycles. The Morgan fingerprint density at radius 3 is 2.55 bits per heavy atom. The van der Waals surface area contributed by atoms with Crippen molar-refractivity contribution < 1.29 is 9.90 Å². The van der Waals surface area contributed by atoms with E-state index in [0.29, 0.717) is 10.7 Å². The first-order valence-electron chi connectivity index (χ1n) is 6.18. The summed E-state index contributed by atoms with van der Waals surface area (Å²) in [6.07, 6.45) is 0. The summed E-state index contributed by atoms with van der Waals surface area (Å²) in [5.41, 5.74) is 1.44. The van der Waals surface area contributed by atoms with Gasteiger partial charge in [-0.25, -0.2) is 4.79 Å². The van der Waals surface area contributed by atoms with E-state index in [1.807, 2.05) is 30.3 Å². The number of hydrogen-bond donors (Lipinski definition) is 3. The van der Waals surface area contributed by atoms with Crippen LogP contribution in [0, 0.1) is 0 Å². The third-order valence-electron chi connectivity index (χ3n) is 2.77. The normalized spacial score (nSPS) is 11.7. The number of amides is 2. The quantitative estimate of drug-likeness (QED) is 0.810. The van der Waals surface area contributed by atoms with E-state index in [1.165, 1.54) is 0 Å². The summed E-state index contributed by atoms with van der Waals surface area (Å²) in [5, 5.41) is 15.3. The minimum Gasteiger partial charge on any atom is -0.394 e. The lowest BCUT2D eigenvalue weighted by atomic mass is 10.1. The molecule has 104 valence electrons. The predicted molar refractivity (Wildman–Crippen MR) is 79.9 cm³/mol. The van der Waals surface area contributed by atoms with Crippen molar-refractivity contribution in [3.63, 3.8) is 0 Å². The lowest BCUT2D eigenvalue weighted by Crippen LogP contribution is -2.34. The Kier molecular flexibility index (Phi) is 4.98. The zero-order valence-electron chi connectivity index (χ0n) is 10.7. The van der Waals surface area contributed by atoms with Crippen molar-refractivity contribution in [2.75, 3.05) is 11.9 Å². The van der Waals surface area contributed by atoms with E-state index >= 15 is 0 Å². The van der Waals surface area contributed by atoms with Crippen LogP contribution in [-0.4, -0.2) is 17.7 Å². The minimum absolute atomic E-state index is 0.174. The van der Waals surface area contributed by atoms with Gasteiger partial charge in [0.2, 0.25) is 0 Å². The average Bonchev–Trinajstić information content (AvgIpc) is 2.45. The summed E-state index contributed by atoms with van der Waals surface area (Å²) in [4.78, 5) is 11.9. The van der Waals surface area contributed by atoms with Gasteiger partial charge < -0.3 is 15.7 Å². The van der Waals surface area contributed by atoms with E-state index in [2.05, 4.69) is 10.6 Å². The molecule has 0 aromatic heterocycles. The Morgan fingerprint density at radius 2 is 1.90 bits per heavy atom. The van der Waals surface area contributed by atoms with Gasteiger partial charge in [-0.1, -0.05) is 48.0 Å². The van der Waals surface area contributed by atoms with Crippen LogP contribution < -0.4 is 10.6 Å². The first kappa shape index (κ1) is 14.4. The first-order chi connectivity index (χ1) is 9.69. The van der Waals surface area contributed by atoms with Gasteiger partial charge in [-0.05, 0) is 23.8 Å². The van der Waals surface area contributed by atoms with E-state index in [9.17, 15) is 9.90 Å². The molecule has 2 rings (SSSR count). The Labute approximate surface area is 122 Å². The lowest BCUT2D eigenvalue weighted by Gasteiger charge is -2.17. The van der Waals surface area contributed by atoms with Gasteiger partial charge in [0.25, 0.3) is 0 Å². The molecule has 1 atom stereocenters. The van der Waals surface area contributed by atoms with Gasteiger partial charge in [-0.15, -0.1) is 0 Å². The highest BCUT2D eigenvalue weighted by Crippen LogP contribution is 2.16. The summed E-state index contributed by atoms with van der Waals surface area (Å²) in [6.45, 7) is -0.174. The number of nitrogens with one attached hydrogen (secondary N) is 2. The van der Waals surface area contributed by atoms with Gasteiger partial charge in [0, 0.05) is 10.7 Å². The van der Waals surface area contributed by atoms with Crippen LogP contribution in [-0.2, 0) is 0 Å². The molecule has 4 nitrogen and oxygen atoms in total. The smallest absolute Gasteiger partial charge is 0.319 e. The maximum Gasteiger partial charge on any atom is 0.319 e. The largest absolute Gasteiger partial charge is 0.394 e. The van der Waals surface area contributed by atoms with Gasteiger partial charge in [0.15, 0.2) is 0 Å². The minimum atomic E-state index is -0.449. The van der Waals surface area contributed by atoms with Crippen LogP contribution >= 0.6 is 11.6 Å². The van der Waals surface area contributed by atoms with Crippen LogP contribution in [0.1, 0.15) is 11.6 Å². The second-order valence-corrected chi connectivity index (χ2v) is 4.69. The van der Waals surface area contributed by atoms with Gasteiger partial charge in [-0.2, -0.15) is 0 Å². The third-order valence-corrected chi connectivity index (χ3v) is 3.01. The molecule has 0 spiro atoms. The lowest BCUT2D eigenvalue weighted by molar-refractivity contribution is 0.225. The second kappa shape index (κ2) is 6.93. The highest BCUT2D eigenvalue weighted by Gasteiger charge is 2.13. The maximum atomic E-state index is 11.9. The molecule has 0 saturated heterocycles. The van der Waals surface area contributed by atoms with Crippen molar-refractivity contribution in [3.05, 3.63) is 65.2 Å². The number of carbonyl (C=O) groups excluding carboxylic acids is 1. The topological polar surface area (TPSA) is 61.4 Å². The number of hydrogen-bond acceptors (Lipinski definition) is 2. The van der Waals surface area contributed by atoms with Crippen molar-refractivity contribution in [2.24, 2.45) is 0 Å². The van der Waals surface area contributed by atoms with Crippen LogP contribution in [0.25, 0.3) is 0 Å². The molecule has 0 radical (unpaired) electrons. The zero-order chi connectivity index (χ0) is 14.4. The van der Waals surface area contributed by atoms with E-state index < -0.39 is 12.1 Å². The molecule has 0 heterocycles. The molecule has 2 amide bonds. The van der Waals surface area contributed by atoms with E-state index in [4.69, 9.17) is 11.6 Å². The van der Waals surface area contributed by atoms with Crippen LogP contribution in [0.4, 0.5) is 10.5 Å². The molecule has 2 aromatic carbocycles. The first-order valence-corrected chi connectivity index (χ1v) is 6.55. The van der Waals surface area contributed by atoms with Crippen molar-refractivity contribution in [3.8, 4) is 0 Å². The molecular weight excluding hydrogens is 276 g/mol. The standard InChI is InChI=1S/C15H15ClN2O2/c16-12-7-4-8-13(9-12)17-15(20)18-14(10-19)11-5-2-1-3-6-11/h1-9,14,19H,10H2,(H2,17,18,20)/t14-/m1/s1. The average molecular weight is 291 g/mol. The summed E-state index contributed by atoms with van der Waals surface area (Å²) >= 11 is 5.85. The van der Waals surface area contributed by atoms with Crippen LogP contribution in [0.5, 0.6) is 0 Å². The molecule has 0 aliphatic rings. The summed E-state index contributed by atoms with van der Waals surface area (Å²) in [6, 6.07) is 15.3. The fraction of sp³-hybridized carbons (Fsp3) is 0.133. The number of anilines is 1. The van der Waals surface area contributed by atoms with E-state index in [0.717, 1.165) is 5.56 Å². The number of urea groups is 1. The molecule has 0 unspecified atom stereocenters. The number of halogens is 1. The van der Waals surface area contributed by atoms with Crippen LogP contribution in [0.3, 0.4) is 0 Å². The number of aliphatic hydroxyl groups is 1. The van der Waals surface area contributed by atoms with E-state index in [-0.39, 0.29) is 6.61 Å². The molecular formula is C15H15ClN2O2. The third kappa shape index (κ3) is 3.98. The fourth-order valence-corrected chi connectivity index (χ4v) is 2.00. The zero-order valence-corrected chi connectivity index (χ0v) is 11.5. The van der Waals surface area contributed by atoms with Gasteiger partial charge >= 0.3 is 6.03 Å². The highest BCUT2D eigenvalue weighted by molar-refractivity contribution is 6.30. The molecule has 2 aromatic rings. The van der Waals surface area contributed by atoms with Crippen LogP contribution in [0.2, 0.25) is 5.02 Å². The van der Waals surface area contributed by atoms with Crippen molar-refractivity contribution in [1.82, 2.24) is 5.32 Å². The summed E-state index contributed by atoms with van der Waals surface area (Å²) in [5.74, 6) is 0. The number of carbonyl (C=O) groups is 1. The Bertz CT molecular complexity index is 575. The molecule has 3 N–H and O–H groups in total. The molecule has 5 heteroatoms. The molecule has 0 bridgehead atoms. The fourth-order valence-electron chi connectivity index (χ4n) is 1.81. The number of benzene rings is 2. The van der Waals surface area contributed by atoms with Crippen molar-refractivity contribution in [2.45, 2.75) is 6.04 Å². The maximum absolute atomic E-state index is 11.9. The monoisotopic (exact) mass is 290 g/mol. The number of aliphatic hydroxyl groups excluding tert-OH is 1. The molecule has 0 aliphatic carbocycles. The Morgan fingerprint density at radius 1 is 1.15 bits per heavy atom. The van der Waals surface area contributed by atoms with Gasteiger partial charge in [-0.3, -0.25) is 0 Å². The summed E-state index contributed by atoms with van der Waals surface area (Å²) in [7, 11) is 0. The van der Waals surface area contributed by atoms with E-state index in [1.54, 1.807) is 24.3 Å². The van der Waals surface area contributed by atoms with Gasteiger partial charge in [0.1, 0.15) is 0 Å². The Balaban J connectivity index is 2.00. The predicted octanol–water partition coefficient (Wildman–Crippen LogP) is 3.20. The second-order valence-electron chi connectivity index (χ2n) is 4.25. The molecule has 0 aliphatic heterocycles. The number of rotatable bonds is 4. The Hall–Kier alpha value is -2.04. The van der Waals surface area contributed by atoms with Crippen molar-refractivity contribution >= 4 is 23.3 Å². The summed E-state index contributed by atoms with van der Waals surface area (Å²) < 4.78 is 0. The molecule has 20 heavy (non-hydrogen) atoms. The van der Waals surface area contributed by atoms with Crippen LogP contribution in [0.15, 0.2) is 54.6 Å².